The highest BCUT2D eigenvalue weighted by atomic mass is 15.2. The van der Waals surface area contributed by atoms with Crippen LogP contribution in [0, 0.1) is 23.7 Å². The summed E-state index contributed by atoms with van der Waals surface area (Å²) in [4.78, 5) is 16.6. The molecule has 0 saturated heterocycles. The zero-order chi connectivity index (χ0) is 32.3. The zero-order valence-corrected chi connectivity index (χ0v) is 27.6. The van der Waals surface area contributed by atoms with Crippen molar-refractivity contribution >= 4 is 43.6 Å². The van der Waals surface area contributed by atoms with Crippen LogP contribution in [0.2, 0.25) is 0 Å². The molecule has 5 atom stereocenters. The first-order valence-electron chi connectivity index (χ1n) is 18.0. The third-order valence-corrected chi connectivity index (χ3v) is 12.4. The summed E-state index contributed by atoms with van der Waals surface area (Å²) in [7, 11) is 0. The van der Waals surface area contributed by atoms with Gasteiger partial charge in [-0.2, -0.15) is 9.97 Å². The number of benzene rings is 5. The van der Waals surface area contributed by atoms with Crippen LogP contribution < -0.4 is 0 Å². The van der Waals surface area contributed by atoms with E-state index in [2.05, 4.69) is 137 Å². The summed E-state index contributed by atoms with van der Waals surface area (Å²) >= 11 is 0. The summed E-state index contributed by atoms with van der Waals surface area (Å²) in [6, 6.07) is 43.5. The minimum atomic E-state index is -0.0208. The van der Waals surface area contributed by atoms with Gasteiger partial charge in [-0.3, -0.25) is 4.57 Å². The summed E-state index contributed by atoms with van der Waals surface area (Å²) < 4.78 is 4.68. The van der Waals surface area contributed by atoms with Gasteiger partial charge in [0.25, 0.3) is 0 Å². The average Bonchev–Trinajstić information content (AvgIpc) is 3.73. The smallest absolute Gasteiger partial charge is 0.238 e. The van der Waals surface area contributed by atoms with Crippen molar-refractivity contribution in [1.82, 2.24) is 24.1 Å². The first-order valence-corrected chi connectivity index (χ1v) is 18.0. The number of hydrogen-bond acceptors (Lipinski definition) is 3. The average molecular weight is 636 g/mol. The van der Waals surface area contributed by atoms with E-state index < -0.39 is 0 Å². The number of aromatic nitrogens is 5. The molecule has 49 heavy (non-hydrogen) atoms. The van der Waals surface area contributed by atoms with Crippen LogP contribution in [0.15, 0.2) is 121 Å². The molecular formula is C44H37N5. The van der Waals surface area contributed by atoms with Gasteiger partial charge in [-0.25, -0.2) is 4.98 Å². The Kier molecular flexibility index (Phi) is 5.71. The van der Waals surface area contributed by atoms with Crippen molar-refractivity contribution in [2.75, 3.05) is 0 Å². The Morgan fingerprint density at radius 3 is 1.71 bits per heavy atom. The summed E-state index contributed by atoms with van der Waals surface area (Å²) in [6.07, 6.45) is 6.28. The molecule has 3 fully saturated rings. The molecule has 2 bridgehead atoms. The van der Waals surface area contributed by atoms with Gasteiger partial charge in [0.15, 0.2) is 5.82 Å². The van der Waals surface area contributed by atoms with Crippen LogP contribution in [0.1, 0.15) is 44.9 Å². The van der Waals surface area contributed by atoms with Crippen molar-refractivity contribution in [3.63, 3.8) is 0 Å². The Labute approximate surface area is 285 Å². The standard InChI is InChI=1S/C44H37N5/c1-27-22-28-23-29-25-44(24-27,26-35(28)29)42-45-41(46-43(47-42)49-38-19-9-4-14-32(38)33-15-5-10-20-39(33)49)34-16-6-11-21-40(34)48-36-17-7-2-12-30(36)31-13-3-8-18-37(31)48/h2-21,27-29,35H,22-26H2,1H3/t27-,28?,29+,35?,44?/m0/s1. The Morgan fingerprint density at radius 2 is 1.08 bits per heavy atom. The maximum Gasteiger partial charge on any atom is 0.238 e. The molecule has 3 aliphatic carbocycles. The van der Waals surface area contributed by atoms with Gasteiger partial charge in [0, 0.05) is 32.5 Å². The van der Waals surface area contributed by atoms with Gasteiger partial charge >= 0.3 is 0 Å². The molecule has 3 saturated carbocycles. The molecule has 3 aromatic heterocycles. The first kappa shape index (κ1) is 27.6. The monoisotopic (exact) mass is 635 g/mol. The fourth-order valence-electron chi connectivity index (χ4n) is 10.5. The topological polar surface area (TPSA) is 48.5 Å². The second kappa shape index (κ2) is 10.1. The van der Waals surface area contributed by atoms with E-state index in [0.29, 0.717) is 5.92 Å². The number of nitrogens with zero attached hydrogens (tertiary/aromatic N) is 5. The van der Waals surface area contributed by atoms with E-state index in [0.717, 1.165) is 64.1 Å². The predicted octanol–water partition coefficient (Wildman–Crippen LogP) is 10.4. The van der Waals surface area contributed by atoms with Crippen molar-refractivity contribution in [2.24, 2.45) is 23.7 Å². The van der Waals surface area contributed by atoms with Crippen molar-refractivity contribution in [3.05, 3.63) is 127 Å². The van der Waals surface area contributed by atoms with Crippen LogP contribution in [0.4, 0.5) is 0 Å². The Hall–Kier alpha value is -5.29. The lowest BCUT2D eigenvalue weighted by atomic mass is 9.63. The van der Waals surface area contributed by atoms with Gasteiger partial charge in [0.05, 0.1) is 27.8 Å². The molecule has 11 rings (SSSR count). The third kappa shape index (κ3) is 3.90. The molecule has 5 heteroatoms. The van der Waals surface area contributed by atoms with Gasteiger partial charge in [0.2, 0.25) is 5.95 Å². The van der Waals surface area contributed by atoms with Crippen molar-refractivity contribution in [2.45, 2.75) is 44.4 Å². The Morgan fingerprint density at radius 1 is 0.531 bits per heavy atom. The van der Waals surface area contributed by atoms with Crippen LogP contribution in [0.5, 0.6) is 0 Å². The normalized spacial score (nSPS) is 24.5. The van der Waals surface area contributed by atoms with Crippen LogP contribution in [0.25, 0.3) is 66.6 Å². The maximum atomic E-state index is 5.58. The van der Waals surface area contributed by atoms with E-state index in [1.54, 1.807) is 0 Å². The maximum absolute atomic E-state index is 5.58. The summed E-state index contributed by atoms with van der Waals surface area (Å²) in [5.74, 6) is 5.62. The summed E-state index contributed by atoms with van der Waals surface area (Å²) in [6.45, 7) is 2.46. The van der Waals surface area contributed by atoms with E-state index in [-0.39, 0.29) is 5.41 Å². The van der Waals surface area contributed by atoms with Gasteiger partial charge in [-0.05, 0) is 92.2 Å². The minimum absolute atomic E-state index is 0.0208. The van der Waals surface area contributed by atoms with E-state index in [9.17, 15) is 0 Å². The van der Waals surface area contributed by atoms with Crippen molar-refractivity contribution in [3.8, 4) is 23.0 Å². The second-order valence-corrected chi connectivity index (χ2v) is 15.2. The van der Waals surface area contributed by atoms with Gasteiger partial charge in [0.1, 0.15) is 5.82 Å². The highest BCUT2D eigenvalue weighted by Crippen LogP contribution is 2.64. The van der Waals surface area contributed by atoms with Crippen LogP contribution >= 0.6 is 0 Å². The second-order valence-electron chi connectivity index (χ2n) is 15.2. The zero-order valence-electron chi connectivity index (χ0n) is 27.6. The molecule has 5 aromatic carbocycles. The lowest BCUT2D eigenvalue weighted by Gasteiger charge is -2.42. The lowest BCUT2D eigenvalue weighted by molar-refractivity contribution is 0.0777. The van der Waals surface area contributed by atoms with E-state index >= 15 is 0 Å². The number of hydrogen-bond donors (Lipinski definition) is 0. The largest absolute Gasteiger partial charge is 0.309 e. The van der Waals surface area contributed by atoms with Crippen LogP contribution in [-0.4, -0.2) is 24.1 Å². The molecule has 8 aromatic rings. The van der Waals surface area contributed by atoms with E-state index in [1.807, 2.05) is 0 Å². The predicted molar refractivity (Wildman–Crippen MR) is 198 cm³/mol. The molecule has 238 valence electrons. The van der Waals surface area contributed by atoms with Gasteiger partial charge in [-0.15, -0.1) is 0 Å². The number of fused-ring (bicyclic) bond motifs is 7. The molecule has 0 N–H and O–H groups in total. The molecule has 0 amide bonds. The highest BCUT2D eigenvalue weighted by Gasteiger charge is 2.58. The molecule has 0 radical (unpaired) electrons. The van der Waals surface area contributed by atoms with Crippen molar-refractivity contribution in [1.29, 1.82) is 0 Å². The summed E-state index contributed by atoms with van der Waals surface area (Å²) in [5, 5.41) is 4.93. The van der Waals surface area contributed by atoms with Gasteiger partial charge < -0.3 is 4.57 Å². The van der Waals surface area contributed by atoms with E-state index in [1.165, 1.54) is 58.3 Å². The molecular weight excluding hydrogens is 599 g/mol. The highest BCUT2D eigenvalue weighted by molar-refractivity contribution is 6.10. The summed E-state index contributed by atoms with van der Waals surface area (Å²) in [5.41, 5.74) is 6.71. The molecule has 3 heterocycles. The molecule has 5 nitrogen and oxygen atoms in total. The molecule has 3 unspecified atom stereocenters. The van der Waals surface area contributed by atoms with E-state index in [4.69, 9.17) is 15.0 Å². The fraction of sp³-hybridized carbons (Fsp3) is 0.250. The fourth-order valence-corrected chi connectivity index (χ4v) is 10.5. The number of para-hydroxylation sites is 5. The third-order valence-electron chi connectivity index (χ3n) is 12.4. The quantitative estimate of drug-likeness (QED) is 0.193. The molecule has 3 aliphatic rings. The molecule has 0 aliphatic heterocycles. The number of rotatable bonds is 4. The minimum Gasteiger partial charge on any atom is -0.309 e. The molecule has 0 spiro atoms. The Bertz CT molecular complexity index is 2500. The Balaban J connectivity index is 1.21. The first-order chi connectivity index (χ1) is 24.1. The van der Waals surface area contributed by atoms with Gasteiger partial charge in [-0.1, -0.05) is 91.9 Å². The lowest BCUT2D eigenvalue weighted by Crippen LogP contribution is -2.34. The van der Waals surface area contributed by atoms with Crippen LogP contribution in [0.3, 0.4) is 0 Å². The van der Waals surface area contributed by atoms with Crippen LogP contribution in [-0.2, 0) is 5.41 Å². The van der Waals surface area contributed by atoms with Crippen molar-refractivity contribution < 1.29 is 0 Å². The SMILES string of the molecule is C[C@H]1CC2C[C@@H]3CC(c4nc(-c5ccccc5-n5c6ccccc6c6ccccc65)nc(-n5c6ccccc6c6ccccc65)n4)(CC23)C1.